The Labute approximate surface area is 163 Å². The lowest BCUT2D eigenvalue weighted by Crippen LogP contribution is -2.29. The number of esters is 1. The molecule has 1 saturated heterocycles. The Morgan fingerprint density at radius 2 is 2.00 bits per heavy atom. The van der Waals surface area contributed by atoms with Crippen molar-refractivity contribution in [3.63, 3.8) is 0 Å². The zero-order valence-electron chi connectivity index (χ0n) is 15.0. The molecule has 26 heavy (non-hydrogen) atoms. The van der Waals surface area contributed by atoms with Gasteiger partial charge in [0.1, 0.15) is 10.1 Å². The molecule has 1 aliphatic rings. The van der Waals surface area contributed by atoms with Gasteiger partial charge in [-0.05, 0) is 36.6 Å². The Bertz CT molecular complexity index is 685. The van der Waals surface area contributed by atoms with Gasteiger partial charge < -0.3 is 9.47 Å². The van der Waals surface area contributed by atoms with Crippen molar-refractivity contribution in [2.45, 2.75) is 32.6 Å². The standard InChI is InChI=1S/C19H23NO4S2/c1-3-4-12-24-17(21)6-5-11-20-18(22)16(26-19(20)25)13-14-7-9-15(23-2)10-8-14/h7-10,13H,3-6,11-12H2,1-2H3/b16-13+. The summed E-state index contributed by atoms with van der Waals surface area (Å²) in [5, 5.41) is 0. The molecule has 0 saturated carbocycles. The van der Waals surface area contributed by atoms with Crippen LogP contribution in [0.1, 0.15) is 38.2 Å². The van der Waals surface area contributed by atoms with Crippen LogP contribution in [0.25, 0.3) is 6.08 Å². The maximum Gasteiger partial charge on any atom is 0.305 e. The van der Waals surface area contributed by atoms with Crippen LogP contribution in [0, 0.1) is 0 Å². The van der Waals surface area contributed by atoms with Crippen molar-refractivity contribution < 1.29 is 19.1 Å². The van der Waals surface area contributed by atoms with Crippen LogP contribution in [0.4, 0.5) is 0 Å². The third-order valence-electron chi connectivity index (χ3n) is 3.81. The second kappa shape index (κ2) is 10.3. The van der Waals surface area contributed by atoms with Crippen molar-refractivity contribution in [3.8, 4) is 5.75 Å². The van der Waals surface area contributed by atoms with Crippen molar-refractivity contribution in [2.24, 2.45) is 0 Å². The summed E-state index contributed by atoms with van der Waals surface area (Å²) in [7, 11) is 1.61. The molecule has 1 aromatic rings. The molecule has 2 rings (SSSR count). The van der Waals surface area contributed by atoms with Gasteiger partial charge in [-0.2, -0.15) is 0 Å². The van der Waals surface area contributed by atoms with Gasteiger partial charge >= 0.3 is 5.97 Å². The number of carbonyl (C=O) groups excluding carboxylic acids is 2. The molecule has 0 unspecified atom stereocenters. The van der Waals surface area contributed by atoms with Crippen LogP contribution in [0.2, 0.25) is 0 Å². The first kappa shape index (κ1) is 20.5. The number of ether oxygens (including phenoxy) is 2. The maximum atomic E-state index is 12.5. The van der Waals surface area contributed by atoms with E-state index in [9.17, 15) is 9.59 Å². The molecule has 0 aliphatic carbocycles. The number of thioether (sulfide) groups is 1. The molecule has 5 nitrogen and oxygen atoms in total. The van der Waals surface area contributed by atoms with Crippen LogP contribution in [0.3, 0.4) is 0 Å². The molecule has 0 aromatic heterocycles. The van der Waals surface area contributed by atoms with Crippen molar-refractivity contribution in [2.75, 3.05) is 20.3 Å². The minimum atomic E-state index is -0.224. The number of hydrogen-bond donors (Lipinski definition) is 0. The molecular weight excluding hydrogens is 370 g/mol. The highest BCUT2D eigenvalue weighted by Crippen LogP contribution is 2.32. The fourth-order valence-corrected chi connectivity index (χ4v) is 3.64. The summed E-state index contributed by atoms with van der Waals surface area (Å²) in [5.41, 5.74) is 0.908. The lowest BCUT2D eigenvalue weighted by Gasteiger charge is -2.13. The average molecular weight is 394 g/mol. The second-order valence-corrected chi connectivity index (χ2v) is 7.46. The number of amides is 1. The molecule has 1 amide bonds. The molecule has 0 bridgehead atoms. The van der Waals surface area contributed by atoms with Gasteiger partial charge in [0.15, 0.2) is 0 Å². The lowest BCUT2D eigenvalue weighted by molar-refractivity contribution is -0.144. The van der Waals surface area contributed by atoms with Gasteiger partial charge in [0, 0.05) is 13.0 Å². The van der Waals surface area contributed by atoms with Gasteiger partial charge in [-0.1, -0.05) is 49.5 Å². The normalized spacial score (nSPS) is 15.6. The first-order chi connectivity index (χ1) is 12.5. The Balaban J connectivity index is 1.87. The lowest BCUT2D eigenvalue weighted by atomic mass is 10.2. The predicted octanol–water partition coefficient (Wildman–Crippen LogP) is 4.02. The number of benzene rings is 1. The highest BCUT2D eigenvalue weighted by atomic mass is 32.2. The number of rotatable bonds is 9. The van der Waals surface area contributed by atoms with E-state index in [1.807, 2.05) is 37.3 Å². The van der Waals surface area contributed by atoms with Crippen LogP contribution in [0.5, 0.6) is 5.75 Å². The van der Waals surface area contributed by atoms with Gasteiger partial charge in [0.05, 0.1) is 18.6 Å². The van der Waals surface area contributed by atoms with E-state index in [1.54, 1.807) is 12.0 Å². The van der Waals surface area contributed by atoms with E-state index in [1.165, 1.54) is 11.8 Å². The Hall–Kier alpha value is -1.86. The number of carbonyl (C=O) groups is 2. The maximum absolute atomic E-state index is 12.5. The molecular formula is C19H23NO4S2. The van der Waals surface area contributed by atoms with Gasteiger partial charge in [-0.3, -0.25) is 14.5 Å². The summed E-state index contributed by atoms with van der Waals surface area (Å²) in [6, 6.07) is 7.46. The summed E-state index contributed by atoms with van der Waals surface area (Å²) in [5.74, 6) is 0.424. The molecule has 0 atom stereocenters. The first-order valence-corrected chi connectivity index (χ1v) is 9.82. The molecule has 0 N–H and O–H groups in total. The molecule has 0 spiro atoms. The van der Waals surface area contributed by atoms with Crippen molar-refractivity contribution >= 4 is 46.3 Å². The zero-order valence-corrected chi connectivity index (χ0v) is 16.7. The zero-order chi connectivity index (χ0) is 18.9. The van der Waals surface area contributed by atoms with E-state index < -0.39 is 0 Å². The third kappa shape index (κ3) is 5.85. The highest BCUT2D eigenvalue weighted by molar-refractivity contribution is 8.26. The van der Waals surface area contributed by atoms with Gasteiger partial charge in [0.25, 0.3) is 5.91 Å². The molecule has 1 heterocycles. The molecule has 140 valence electrons. The molecule has 7 heteroatoms. The summed E-state index contributed by atoms with van der Waals surface area (Å²) in [6.45, 7) is 2.93. The van der Waals surface area contributed by atoms with E-state index in [0.717, 1.165) is 24.2 Å². The second-order valence-electron chi connectivity index (χ2n) is 5.78. The molecule has 1 aliphatic heterocycles. The van der Waals surface area contributed by atoms with E-state index in [-0.39, 0.29) is 18.3 Å². The van der Waals surface area contributed by atoms with E-state index in [0.29, 0.717) is 28.8 Å². The van der Waals surface area contributed by atoms with Gasteiger partial charge in [-0.25, -0.2) is 0 Å². The van der Waals surface area contributed by atoms with Crippen LogP contribution < -0.4 is 4.74 Å². The number of nitrogens with zero attached hydrogens (tertiary/aromatic N) is 1. The predicted molar refractivity (Wildman–Crippen MR) is 108 cm³/mol. The topological polar surface area (TPSA) is 55.8 Å². The minimum absolute atomic E-state index is 0.116. The number of hydrogen-bond acceptors (Lipinski definition) is 6. The van der Waals surface area contributed by atoms with Crippen LogP contribution in [-0.2, 0) is 14.3 Å². The SMILES string of the molecule is CCCCOC(=O)CCCN1C(=O)/C(=C\c2ccc(OC)cc2)SC1=S. The molecule has 0 radical (unpaired) electrons. The van der Waals surface area contributed by atoms with Crippen molar-refractivity contribution in [1.29, 1.82) is 0 Å². The summed E-state index contributed by atoms with van der Waals surface area (Å²) in [4.78, 5) is 26.3. The van der Waals surface area contributed by atoms with Gasteiger partial charge in [0.2, 0.25) is 0 Å². The quantitative estimate of drug-likeness (QED) is 0.273. The Morgan fingerprint density at radius 1 is 1.27 bits per heavy atom. The van der Waals surface area contributed by atoms with E-state index in [4.69, 9.17) is 21.7 Å². The van der Waals surface area contributed by atoms with Crippen molar-refractivity contribution in [1.82, 2.24) is 4.90 Å². The summed E-state index contributed by atoms with van der Waals surface area (Å²) in [6.07, 6.45) is 4.50. The molecule has 1 fully saturated rings. The van der Waals surface area contributed by atoms with Crippen LogP contribution >= 0.6 is 24.0 Å². The third-order valence-corrected chi connectivity index (χ3v) is 5.19. The first-order valence-electron chi connectivity index (χ1n) is 8.60. The molecule has 1 aromatic carbocycles. The average Bonchev–Trinajstić information content (AvgIpc) is 2.90. The number of thiocarbonyl (C=S) groups is 1. The summed E-state index contributed by atoms with van der Waals surface area (Å²) >= 11 is 6.59. The van der Waals surface area contributed by atoms with E-state index >= 15 is 0 Å². The van der Waals surface area contributed by atoms with Gasteiger partial charge in [-0.15, -0.1) is 0 Å². The number of methoxy groups -OCH3 is 1. The monoisotopic (exact) mass is 393 g/mol. The largest absolute Gasteiger partial charge is 0.497 e. The van der Waals surface area contributed by atoms with Crippen LogP contribution in [0.15, 0.2) is 29.2 Å². The Morgan fingerprint density at radius 3 is 2.65 bits per heavy atom. The fourth-order valence-electron chi connectivity index (χ4n) is 2.33. The number of unbranched alkanes of at least 4 members (excludes halogenated alkanes) is 1. The Kier molecular flexibility index (Phi) is 8.12. The van der Waals surface area contributed by atoms with Crippen LogP contribution in [-0.4, -0.2) is 41.4 Å². The van der Waals surface area contributed by atoms with Crippen molar-refractivity contribution in [3.05, 3.63) is 34.7 Å². The summed E-state index contributed by atoms with van der Waals surface area (Å²) < 4.78 is 10.8. The minimum Gasteiger partial charge on any atom is -0.497 e. The highest BCUT2D eigenvalue weighted by Gasteiger charge is 2.31. The fraction of sp³-hybridized carbons (Fsp3) is 0.421. The van der Waals surface area contributed by atoms with E-state index in [2.05, 4.69) is 0 Å². The smallest absolute Gasteiger partial charge is 0.305 e.